The van der Waals surface area contributed by atoms with E-state index in [1.54, 1.807) is 10.6 Å². The van der Waals surface area contributed by atoms with Crippen LogP contribution in [0.3, 0.4) is 0 Å². The summed E-state index contributed by atoms with van der Waals surface area (Å²) in [5, 5.41) is 9.91. The zero-order valence-electron chi connectivity index (χ0n) is 17.3. The summed E-state index contributed by atoms with van der Waals surface area (Å²) < 4.78 is 18.4. The minimum Gasteiger partial charge on any atom is -0.475 e. The Labute approximate surface area is 175 Å². The minimum absolute atomic E-state index is 0.0883. The number of fused-ring (bicyclic) bond motifs is 3. The van der Waals surface area contributed by atoms with E-state index in [1.807, 2.05) is 32.0 Å². The van der Waals surface area contributed by atoms with Crippen molar-refractivity contribution in [3.8, 4) is 29.0 Å². The molecular formula is C23H26N2O5. The highest BCUT2D eigenvalue weighted by molar-refractivity contribution is 5.68. The van der Waals surface area contributed by atoms with E-state index in [0.29, 0.717) is 26.4 Å². The highest BCUT2D eigenvalue weighted by Gasteiger charge is 2.21. The largest absolute Gasteiger partial charge is 0.475 e. The fourth-order valence-electron chi connectivity index (χ4n) is 3.49. The highest BCUT2D eigenvalue weighted by Crippen LogP contribution is 2.30. The van der Waals surface area contributed by atoms with Gasteiger partial charge in [-0.3, -0.25) is 4.57 Å². The first-order valence-corrected chi connectivity index (χ1v) is 10.3. The van der Waals surface area contributed by atoms with Crippen LogP contribution in [-0.2, 0) is 22.4 Å². The molecule has 1 saturated heterocycles. The number of aromatic nitrogens is 2. The zero-order chi connectivity index (χ0) is 21.1. The van der Waals surface area contributed by atoms with Gasteiger partial charge in [0.15, 0.2) is 0 Å². The Morgan fingerprint density at radius 1 is 1.33 bits per heavy atom. The number of aryl methyl sites for hydroxylation is 1. The van der Waals surface area contributed by atoms with E-state index in [1.165, 1.54) is 0 Å². The average Bonchev–Trinajstić information content (AvgIpc) is 2.76. The molecule has 158 valence electrons. The van der Waals surface area contributed by atoms with E-state index in [9.17, 15) is 9.90 Å². The third-order valence-corrected chi connectivity index (χ3v) is 5.27. The Morgan fingerprint density at radius 3 is 2.97 bits per heavy atom. The molecule has 0 aliphatic carbocycles. The quantitative estimate of drug-likeness (QED) is 0.772. The van der Waals surface area contributed by atoms with Gasteiger partial charge in [0.2, 0.25) is 5.88 Å². The van der Waals surface area contributed by atoms with Crippen LogP contribution in [0, 0.1) is 17.8 Å². The van der Waals surface area contributed by atoms with E-state index in [2.05, 4.69) is 16.8 Å². The lowest BCUT2D eigenvalue weighted by molar-refractivity contribution is -0.102. The van der Waals surface area contributed by atoms with Gasteiger partial charge in [-0.2, -0.15) is 4.98 Å². The molecule has 0 radical (unpaired) electrons. The Bertz CT molecular complexity index is 1030. The Balaban J connectivity index is 1.57. The summed E-state index contributed by atoms with van der Waals surface area (Å²) in [4.78, 5) is 16.6. The van der Waals surface area contributed by atoms with Crippen LogP contribution in [0.1, 0.15) is 25.0 Å². The SMILES string of the molecule is CC(C)C(O)C#Cc1ccc2c(c1)CCn1c-2cc(OC[C@@H]2COCCO2)nc1=O. The molecule has 0 spiro atoms. The molecule has 2 aromatic rings. The van der Waals surface area contributed by atoms with E-state index in [4.69, 9.17) is 14.2 Å². The fourth-order valence-corrected chi connectivity index (χ4v) is 3.49. The Morgan fingerprint density at radius 2 is 2.20 bits per heavy atom. The Kier molecular flexibility index (Phi) is 6.18. The molecule has 3 heterocycles. The molecule has 2 aliphatic rings. The number of nitrogens with zero attached hydrogens (tertiary/aromatic N) is 2. The lowest BCUT2D eigenvalue weighted by atomic mass is 9.95. The molecule has 0 saturated carbocycles. The summed E-state index contributed by atoms with van der Waals surface area (Å²) in [6.45, 7) is 6.32. The van der Waals surface area contributed by atoms with Crippen molar-refractivity contribution in [2.24, 2.45) is 5.92 Å². The van der Waals surface area contributed by atoms with Gasteiger partial charge in [0, 0.05) is 23.7 Å². The minimum atomic E-state index is -0.648. The van der Waals surface area contributed by atoms with Crippen LogP contribution in [0.5, 0.6) is 5.88 Å². The van der Waals surface area contributed by atoms with Gasteiger partial charge in [-0.25, -0.2) is 4.79 Å². The van der Waals surface area contributed by atoms with Gasteiger partial charge in [0.25, 0.3) is 0 Å². The number of hydrogen-bond donors (Lipinski definition) is 1. The second kappa shape index (κ2) is 9.00. The maximum absolute atomic E-state index is 12.5. The number of rotatable bonds is 4. The number of hydrogen-bond acceptors (Lipinski definition) is 6. The molecule has 1 fully saturated rings. The van der Waals surface area contributed by atoms with Gasteiger partial charge in [0.05, 0.1) is 25.5 Å². The van der Waals surface area contributed by atoms with Gasteiger partial charge >= 0.3 is 5.69 Å². The van der Waals surface area contributed by atoms with Crippen LogP contribution < -0.4 is 10.4 Å². The molecule has 30 heavy (non-hydrogen) atoms. The normalized spacial score (nSPS) is 18.7. The first kappa shape index (κ1) is 20.6. The average molecular weight is 410 g/mol. The van der Waals surface area contributed by atoms with Crippen molar-refractivity contribution in [1.82, 2.24) is 9.55 Å². The summed E-state index contributed by atoms with van der Waals surface area (Å²) in [5.74, 6) is 6.31. The molecule has 1 aromatic heterocycles. The second-order valence-electron chi connectivity index (χ2n) is 7.87. The highest BCUT2D eigenvalue weighted by atomic mass is 16.6. The van der Waals surface area contributed by atoms with E-state index < -0.39 is 6.10 Å². The van der Waals surface area contributed by atoms with Crippen molar-refractivity contribution >= 4 is 0 Å². The third kappa shape index (κ3) is 4.57. The number of benzene rings is 1. The number of aliphatic hydroxyl groups excluding tert-OH is 1. The first-order chi connectivity index (χ1) is 14.5. The van der Waals surface area contributed by atoms with Crippen LogP contribution in [0.2, 0.25) is 0 Å². The van der Waals surface area contributed by atoms with Crippen LogP contribution in [0.4, 0.5) is 0 Å². The van der Waals surface area contributed by atoms with Crippen LogP contribution in [0.15, 0.2) is 29.1 Å². The fraction of sp³-hybridized carbons (Fsp3) is 0.478. The van der Waals surface area contributed by atoms with Gasteiger partial charge in [-0.05, 0) is 30.0 Å². The topological polar surface area (TPSA) is 82.8 Å². The lowest BCUT2D eigenvalue weighted by Crippen LogP contribution is -2.34. The molecular weight excluding hydrogens is 384 g/mol. The van der Waals surface area contributed by atoms with Crippen molar-refractivity contribution in [2.75, 3.05) is 26.4 Å². The maximum atomic E-state index is 12.5. The first-order valence-electron chi connectivity index (χ1n) is 10.3. The summed E-state index contributed by atoms with van der Waals surface area (Å²) in [6, 6.07) is 7.70. The van der Waals surface area contributed by atoms with Crippen molar-refractivity contribution < 1.29 is 19.3 Å². The van der Waals surface area contributed by atoms with E-state index >= 15 is 0 Å². The van der Waals surface area contributed by atoms with Crippen LogP contribution in [-0.4, -0.2) is 53.3 Å². The smallest absolute Gasteiger partial charge is 0.351 e. The number of ether oxygens (including phenoxy) is 3. The molecule has 7 heteroatoms. The molecule has 0 bridgehead atoms. The van der Waals surface area contributed by atoms with Crippen molar-refractivity contribution in [2.45, 2.75) is 39.0 Å². The molecule has 1 aromatic carbocycles. The monoisotopic (exact) mass is 410 g/mol. The molecule has 4 rings (SSSR count). The van der Waals surface area contributed by atoms with Gasteiger partial charge in [-0.1, -0.05) is 31.8 Å². The second-order valence-corrected chi connectivity index (χ2v) is 7.87. The molecule has 1 N–H and O–H groups in total. The predicted octanol–water partition coefficient (Wildman–Crippen LogP) is 1.63. The lowest BCUT2D eigenvalue weighted by Gasteiger charge is -2.24. The molecule has 7 nitrogen and oxygen atoms in total. The molecule has 1 unspecified atom stereocenters. The number of aliphatic hydroxyl groups is 1. The Hall–Kier alpha value is -2.66. The predicted molar refractivity (Wildman–Crippen MR) is 111 cm³/mol. The zero-order valence-corrected chi connectivity index (χ0v) is 17.3. The molecule has 0 amide bonds. The molecule has 2 aliphatic heterocycles. The van der Waals surface area contributed by atoms with E-state index in [0.717, 1.165) is 28.8 Å². The third-order valence-electron chi connectivity index (χ3n) is 5.27. The summed E-state index contributed by atoms with van der Waals surface area (Å²) in [5.41, 5.74) is 3.40. The van der Waals surface area contributed by atoms with Gasteiger partial charge in [0.1, 0.15) is 18.8 Å². The van der Waals surface area contributed by atoms with Gasteiger partial charge in [-0.15, -0.1) is 0 Å². The summed E-state index contributed by atoms with van der Waals surface area (Å²) in [6.07, 6.45) is -0.0850. The van der Waals surface area contributed by atoms with Gasteiger partial charge < -0.3 is 19.3 Å². The van der Waals surface area contributed by atoms with Crippen molar-refractivity contribution in [1.29, 1.82) is 0 Å². The summed E-state index contributed by atoms with van der Waals surface area (Å²) >= 11 is 0. The van der Waals surface area contributed by atoms with Crippen LogP contribution in [0.25, 0.3) is 11.3 Å². The van der Waals surface area contributed by atoms with Crippen LogP contribution >= 0.6 is 0 Å². The molecule has 2 atom stereocenters. The summed E-state index contributed by atoms with van der Waals surface area (Å²) in [7, 11) is 0. The maximum Gasteiger partial charge on any atom is 0.351 e. The van der Waals surface area contributed by atoms with Crippen molar-refractivity contribution in [3.05, 3.63) is 45.9 Å². The van der Waals surface area contributed by atoms with Crippen molar-refractivity contribution in [3.63, 3.8) is 0 Å². The van der Waals surface area contributed by atoms with E-state index in [-0.39, 0.29) is 30.2 Å². The standard InChI is InChI=1S/C23H26N2O5/c1-15(2)21(26)6-4-16-3-5-19-17(11-16)7-8-25-20(19)12-22(24-23(25)27)30-14-18-13-28-9-10-29-18/h3,5,11-12,15,18,21,26H,7-10,13-14H2,1-2H3/t18-,21?/m0/s1.